The molecule has 3 fully saturated rings. The zero-order chi connectivity index (χ0) is 26.3. The van der Waals surface area contributed by atoms with Crippen LogP contribution in [0.1, 0.15) is 58.3 Å². The standard InChI is InChI=1S/C27H41BrN2O6/c1-4-7-10-14-29(13-5-2)25(33)23-27-18-19(28)22(36-27)20(26(34)35-17-6-3)21(27)24(32)30(23)15-11-8-9-12-16-31/h5-6,19-23,31H,2-4,7-18H2,1H3/t19?,20-,21-,22-,23?,27?/m0/s1. The molecule has 1 N–H and O–H groups in total. The van der Waals surface area contributed by atoms with Gasteiger partial charge in [-0.3, -0.25) is 14.4 Å². The number of halogens is 1. The van der Waals surface area contributed by atoms with Gasteiger partial charge < -0.3 is 24.4 Å². The average Bonchev–Trinajstić information content (AvgIpc) is 3.45. The monoisotopic (exact) mass is 568 g/mol. The summed E-state index contributed by atoms with van der Waals surface area (Å²) in [6, 6.07) is -0.795. The molecule has 3 heterocycles. The van der Waals surface area contributed by atoms with Gasteiger partial charge in [-0.25, -0.2) is 0 Å². The van der Waals surface area contributed by atoms with Crippen LogP contribution in [-0.2, 0) is 23.9 Å². The van der Waals surface area contributed by atoms with Crippen LogP contribution in [0.2, 0.25) is 0 Å². The van der Waals surface area contributed by atoms with E-state index in [2.05, 4.69) is 36.0 Å². The smallest absolute Gasteiger partial charge is 0.312 e. The van der Waals surface area contributed by atoms with Gasteiger partial charge in [0, 0.05) is 31.1 Å². The van der Waals surface area contributed by atoms with Crippen LogP contribution in [0.5, 0.6) is 0 Å². The van der Waals surface area contributed by atoms with E-state index in [1.165, 1.54) is 6.08 Å². The van der Waals surface area contributed by atoms with Crippen LogP contribution < -0.4 is 0 Å². The number of nitrogens with zero attached hydrogens (tertiary/aromatic N) is 2. The van der Waals surface area contributed by atoms with Gasteiger partial charge in [-0.1, -0.05) is 67.3 Å². The van der Waals surface area contributed by atoms with Gasteiger partial charge in [-0.05, 0) is 25.7 Å². The number of ether oxygens (including phenoxy) is 2. The quantitative estimate of drug-likeness (QED) is 0.133. The molecular weight excluding hydrogens is 528 g/mol. The highest BCUT2D eigenvalue weighted by molar-refractivity contribution is 9.09. The molecule has 0 aromatic rings. The van der Waals surface area contributed by atoms with Crippen molar-refractivity contribution in [3.8, 4) is 0 Å². The number of rotatable bonds is 16. The number of aliphatic hydroxyl groups excluding tert-OH is 1. The maximum absolute atomic E-state index is 14.1. The molecule has 0 radical (unpaired) electrons. The number of esters is 1. The number of aliphatic hydroxyl groups is 1. The normalized spacial score (nSPS) is 30.4. The average molecular weight is 570 g/mol. The Labute approximate surface area is 223 Å². The second kappa shape index (κ2) is 13.2. The third-order valence-corrected chi connectivity index (χ3v) is 8.48. The zero-order valence-electron chi connectivity index (χ0n) is 21.4. The molecule has 0 aliphatic carbocycles. The van der Waals surface area contributed by atoms with E-state index in [4.69, 9.17) is 14.6 Å². The van der Waals surface area contributed by atoms with E-state index in [0.29, 0.717) is 38.9 Å². The summed E-state index contributed by atoms with van der Waals surface area (Å²) in [5.41, 5.74) is -1.07. The number of alkyl halides is 1. The van der Waals surface area contributed by atoms with Crippen LogP contribution in [-0.4, -0.2) is 88.1 Å². The van der Waals surface area contributed by atoms with Crippen molar-refractivity contribution in [2.75, 3.05) is 32.8 Å². The van der Waals surface area contributed by atoms with E-state index >= 15 is 0 Å². The Balaban J connectivity index is 1.93. The molecule has 2 bridgehead atoms. The Morgan fingerprint density at radius 1 is 1.22 bits per heavy atom. The summed E-state index contributed by atoms with van der Waals surface area (Å²) in [5, 5.41) is 9.09. The number of fused-ring (bicyclic) bond motifs is 1. The van der Waals surface area contributed by atoms with E-state index in [9.17, 15) is 14.4 Å². The maximum Gasteiger partial charge on any atom is 0.312 e. The lowest BCUT2D eigenvalue weighted by molar-refractivity contribution is -0.154. The highest BCUT2D eigenvalue weighted by Gasteiger charge is 2.77. The molecular formula is C27H41BrN2O6. The van der Waals surface area contributed by atoms with Crippen molar-refractivity contribution in [2.45, 2.75) is 80.9 Å². The van der Waals surface area contributed by atoms with E-state index in [1.807, 2.05) is 0 Å². The molecule has 3 aliphatic rings. The Kier molecular flexibility index (Phi) is 10.6. The third-order valence-electron chi connectivity index (χ3n) is 7.64. The van der Waals surface area contributed by atoms with Gasteiger partial charge >= 0.3 is 5.97 Å². The molecule has 202 valence electrons. The first-order chi connectivity index (χ1) is 17.4. The number of hydrogen-bond acceptors (Lipinski definition) is 6. The summed E-state index contributed by atoms with van der Waals surface area (Å²) < 4.78 is 11.9. The zero-order valence-corrected chi connectivity index (χ0v) is 23.0. The van der Waals surface area contributed by atoms with Gasteiger partial charge in [-0.15, -0.1) is 6.58 Å². The SMILES string of the molecule is C=CCOC(=O)[C@H]1[C@H]2C(=O)N(CCCCCCO)C(C(=O)N(CC=C)CCCCC)C23CC(Br)[C@@H]1O3. The largest absolute Gasteiger partial charge is 0.461 e. The van der Waals surface area contributed by atoms with Crippen molar-refractivity contribution in [3.05, 3.63) is 25.3 Å². The molecule has 3 aliphatic heterocycles. The topological polar surface area (TPSA) is 96.4 Å². The van der Waals surface area contributed by atoms with E-state index in [1.54, 1.807) is 15.9 Å². The van der Waals surface area contributed by atoms with Crippen LogP contribution in [0.15, 0.2) is 25.3 Å². The fraction of sp³-hybridized carbons (Fsp3) is 0.741. The Bertz CT molecular complexity index is 822. The number of carbonyl (C=O) groups excluding carboxylic acids is 3. The van der Waals surface area contributed by atoms with Gasteiger partial charge in [0.05, 0.1) is 17.9 Å². The fourth-order valence-electron chi connectivity index (χ4n) is 6.08. The van der Waals surface area contributed by atoms with Crippen molar-refractivity contribution in [2.24, 2.45) is 11.8 Å². The molecule has 9 heteroatoms. The van der Waals surface area contributed by atoms with E-state index in [0.717, 1.165) is 32.1 Å². The van der Waals surface area contributed by atoms with Crippen LogP contribution in [0.4, 0.5) is 0 Å². The first kappa shape index (κ1) is 28.9. The molecule has 0 aromatic carbocycles. The van der Waals surface area contributed by atoms with Gasteiger partial charge in [-0.2, -0.15) is 0 Å². The van der Waals surface area contributed by atoms with Crippen LogP contribution in [0, 0.1) is 11.8 Å². The summed E-state index contributed by atoms with van der Waals surface area (Å²) in [6.45, 7) is 11.1. The lowest BCUT2D eigenvalue weighted by Crippen LogP contribution is -2.57. The molecule has 0 aromatic heterocycles. The van der Waals surface area contributed by atoms with Gasteiger partial charge in [0.25, 0.3) is 0 Å². The van der Waals surface area contributed by atoms with Crippen molar-refractivity contribution in [1.82, 2.24) is 9.80 Å². The van der Waals surface area contributed by atoms with E-state index in [-0.39, 0.29) is 29.9 Å². The fourth-order valence-corrected chi connectivity index (χ4v) is 7.02. The summed E-state index contributed by atoms with van der Waals surface area (Å²) in [4.78, 5) is 44.4. The highest BCUT2D eigenvalue weighted by Crippen LogP contribution is 2.60. The summed E-state index contributed by atoms with van der Waals surface area (Å²) in [7, 11) is 0. The number of amides is 2. The predicted molar refractivity (Wildman–Crippen MR) is 140 cm³/mol. The minimum atomic E-state index is -1.07. The maximum atomic E-state index is 14.1. The highest BCUT2D eigenvalue weighted by atomic mass is 79.9. The minimum absolute atomic E-state index is 0.0599. The van der Waals surface area contributed by atoms with Gasteiger partial charge in [0.1, 0.15) is 18.2 Å². The molecule has 36 heavy (non-hydrogen) atoms. The predicted octanol–water partition coefficient (Wildman–Crippen LogP) is 3.22. The first-order valence-corrected chi connectivity index (χ1v) is 14.2. The molecule has 3 rings (SSSR count). The van der Waals surface area contributed by atoms with E-state index < -0.39 is 35.6 Å². The van der Waals surface area contributed by atoms with Crippen molar-refractivity contribution >= 4 is 33.7 Å². The van der Waals surface area contributed by atoms with Gasteiger partial charge in [0.2, 0.25) is 11.8 Å². The molecule has 2 amide bonds. The van der Waals surface area contributed by atoms with Gasteiger partial charge in [0.15, 0.2) is 0 Å². The minimum Gasteiger partial charge on any atom is -0.461 e. The Morgan fingerprint density at radius 3 is 2.64 bits per heavy atom. The third kappa shape index (κ3) is 5.58. The lowest BCUT2D eigenvalue weighted by Gasteiger charge is -2.37. The molecule has 3 unspecified atom stereocenters. The first-order valence-electron chi connectivity index (χ1n) is 13.3. The summed E-state index contributed by atoms with van der Waals surface area (Å²) in [5.74, 6) is -2.34. The lowest BCUT2D eigenvalue weighted by atomic mass is 9.70. The number of hydrogen-bond donors (Lipinski definition) is 1. The van der Waals surface area contributed by atoms with Crippen molar-refractivity contribution in [1.29, 1.82) is 0 Å². The number of unbranched alkanes of at least 4 members (excludes halogenated alkanes) is 5. The molecule has 0 saturated carbocycles. The van der Waals surface area contributed by atoms with Crippen LogP contribution in [0.25, 0.3) is 0 Å². The Hall–Kier alpha value is -1.71. The second-order valence-electron chi connectivity index (χ2n) is 10.0. The molecule has 6 atom stereocenters. The number of carbonyl (C=O) groups is 3. The molecule has 3 saturated heterocycles. The molecule has 8 nitrogen and oxygen atoms in total. The van der Waals surface area contributed by atoms with Crippen LogP contribution in [0.3, 0.4) is 0 Å². The van der Waals surface area contributed by atoms with Crippen LogP contribution >= 0.6 is 15.9 Å². The number of likely N-dealkylation sites (tertiary alicyclic amines) is 1. The Morgan fingerprint density at radius 2 is 1.97 bits per heavy atom. The summed E-state index contributed by atoms with van der Waals surface area (Å²) in [6.07, 6.45) is 9.19. The second-order valence-corrected chi connectivity index (χ2v) is 11.2. The molecule has 1 spiro atoms. The van der Waals surface area contributed by atoms with Crippen molar-refractivity contribution < 1.29 is 29.0 Å². The van der Waals surface area contributed by atoms with Crippen molar-refractivity contribution in [3.63, 3.8) is 0 Å². The summed E-state index contributed by atoms with van der Waals surface area (Å²) >= 11 is 3.67.